The van der Waals surface area contributed by atoms with E-state index in [0.717, 1.165) is 5.19 Å². The van der Waals surface area contributed by atoms with Crippen molar-refractivity contribution in [3.63, 3.8) is 0 Å². The van der Waals surface area contributed by atoms with Crippen LogP contribution in [0.15, 0.2) is 12.1 Å². The van der Waals surface area contributed by atoms with E-state index in [9.17, 15) is 0 Å². The maximum absolute atomic E-state index is 9.02. The lowest BCUT2D eigenvalue weighted by atomic mass is 10.1. The molecule has 2 radical (unpaired) electrons. The minimum Gasteiger partial charge on any atom is -0.428 e. The normalized spacial score (nSPS) is 10.2. The van der Waals surface area contributed by atoms with E-state index in [2.05, 4.69) is 19.1 Å². The smallest absolute Gasteiger partial charge is 0.265 e. The van der Waals surface area contributed by atoms with Gasteiger partial charge in [-0.3, -0.25) is 0 Å². The molecule has 0 saturated carbocycles. The van der Waals surface area contributed by atoms with Gasteiger partial charge in [-0.15, -0.1) is 0 Å². The van der Waals surface area contributed by atoms with Gasteiger partial charge in [0.2, 0.25) is 0 Å². The van der Waals surface area contributed by atoms with Gasteiger partial charge < -0.3 is 4.80 Å². The van der Waals surface area contributed by atoms with Crippen molar-refractivity contribution in [2.45, 2.75) is 20.8 Å². The highest BCUT2D eigenvalue weighted by atomic mass is 28.2. The molecule has 0 aromatic heterocycles. The lowest BCUT2D eigenvalue weighted by Crippen LogP contribution is -2.20. The lowest BCUT2D eigenvalue weighted by molar-refractivity contribution is 0.615. The molecule has 0 aliphatic carbocycles. The molecule has 58 valence electrons. The largest absolute Gasteiger partial charge is 0.428 e. The lowest BCUT2D eigenvalue weighted by Gasteiger charge is -2.06. The Kier molecular flexibility index (Phi) is 2.47. The quantitative estimate of drug-likeness (QED) is 0.610. The van der Waals surface area contributed by atoms with E-state index in [1.165, 1.54) is 16.7 Å². The predicted octanol–water partition coefficient (Wildman–Crippen LogP) is 0.849. The molecule has 1 N–H and O–H groups in total. The Labute approximate surface area is 70.0 Å². The zero-order chi connectivity index (χ0) is 8.43. The highest BCUT2D eigenvalue weighted by Crippen LogP contribution is 2.04. The number of rotatable bonds is 1. The molecule has 0 bridgehead atoms. The summed E-state index contributed by atoms with van der Waals surface area (Å²) in [5, 5.41) is 1.09. The van der Waals surface area contributed by atoms with Crippen LogP contribution in [-0.2, 0) is 0 Å². The average molecular weight is 164 g/mol. The summed E-state index contributed by atoms with van der Waals surface area (Å²) in [5.41, 5.74) is 3.66. The van der Waals surface area contributed by atoms with Crippen molar-refractivity contribution in [1.82, 2.24) is 0 Å². The van der Waals surface area contributed by atoms with E-state index in [0.29, 0.717) is 0 Å². The summed E-state index contributed by atoms with van der Waals surface area (Å²) in [6.07, 6.45) is 0. The first-order chi connectivity index (χ1) is 5.15. The van der Waals surface area contributed by atoms with Crippen LogP contribution in [0.2, 0.25) is 0 Å². The molecule has 0 aliphatic heterocycles. The van der Waals surface area contributed by atoms with Crippen molar-refractivity contribution in [3.8, 4) is 0 Å². The Morgan fingerprint density at radius 3 is 1.91 bits per heavy atom. The third kappa shape index (κ3) is 1.70. The fraction of sp³-hybridized carbons (Fsp3) is 0.333. The minimum absolute atomic E-state index is 0.0759. The van der Waals surface area contributed by atoms with Crippen LogP contribution in [-0.4, -0.2) is 14.6 Å². The summed E-state index contributed by atoms with van der Waals surface area (Å²) in [5.74, 6) is 0. The molecule has 0 aliphatic rings. The average Bonchev–Trinajstić information content (AvgIpc) is 1.85. The molecule has 1 nitrogen and oxygen atoms in total. The van der Waals surface area contributed by atoms with Gasteiger partial charge in [0, 0.05) is 0 Å². The van der Waals surface area contributed by atoms with E-state index < -0.39 is 0 Å². The third-order valence-corrected chi connectivity index (χ3v) is 2.80. The second-order valence-corrected chi connectivity index (χ2v) is 3.61. The van der Waals surface area contributed by atoms with Gasteiger partial charge in [-0.1, -0.05) is 17.7 Å². The van der Waals surface area contributed by atoms with Gasteiger partial charge in [0.25, 0.3) is 9.76 Å². The van der Waals surface area contributed by atoms with Gasteiger partial charge in [-0.2, -0.15) is 0 Å². The van der Waals surface area contributed by atoms with E-state index in [4.69, 9.17) is 4.80 Å². The molecule has 0 saturated heterocycles. The number of benzene rings is 1. The van der Waals surface area contributed by atoms with Gasteiger partial charge in [0.1, 0.15) is 0 Å². The SMILES string of the molecule is Cc1cc(C)c([Si]O)c(C)c1. The molecular formula is C9H12OSi. The first kappa shape index (κ1) is 8.49. The summed E-state index contributed by atoms with van der Waals surface area (Å²) in [4.78, 5) is 9.02. The summed E-state index contributed by atoms with van der Waals surface area (Å²) < 4.78 is 0. The topological polar surface area (TPSA) is 20.2 Å². The van der Waals surface area contributed by atoms with E-state index in [1.807, 2.05) is 13.8 Å². The maximum atomic E-state index is 9.02. The summed E-state index contributed by atoms with van der Waals surface area (Å²) in [7, 11) is -0.0759. The van der Waals surface area contributed by atoms with E-state index in [1.54, 1.807) is 0 Å². The third-order valence-electron chi connectivity index (χ3n) is 1.79. The minimum atomic E-state index is -0.0759. The Hall–Kier alpha value is -0.603. The first-order valence-corrected chi connectivity index (χ1v) is 4.58. The standard InChI is InChI=1S/C9H12OSi/c1-6-4-7(2)9(11-10)8(3)5-6/h4-5,10H,1-3H3. The maximum Gasteiger partial charge on any atom is 0.265 e. The van der Waals surface area contributed by atoms with Crippen LogP contribution in [0.3, 0.4) is 0 Å². The Bertz CT molecular complexity index is 245. The fourth-order valence-corrected chi connectivity index (χ4v) is 1.85. The van der Waals surface area contributed by atoms with Crippen molar-refractivity contribution in [2.75, 3.05) is 0 Å². The van der Waals surface area contributed by atoms with Gasteiger partial charge in [-0.25, -0.2) is 0 Å². The zero-order valence-electron chi connectivity index (χ0n) is 7.10. The molecule has 0 unspecified atom stereocenters. The van der Waals surface area contributed by atoms with Crippen LogP contribution >= 0.6 is 0 Å². The van der Waals surface area contributed by atoms with E-state index >= 15 is 0 Å². The van der Waals surface area contributed by atoms with Gasteiger partial charge in [-0.05, 0) is 37.1 Å². The molecule has 0 amide bonds. The number of hydrogen-bond acceptors (Lipinski definition) is 1. The van der Waals surface area contributed by atoms with Gasteiger partial charge in [0.15, 0.2) is 0 Å². The van der Waals surface area contributed by atoms with Crippen LogP contribution in [0.25, 0.3) is 0 Å². The molecule has 1 aromatic carbocycles. The Morgan fingerprint density at radius 2 is 1.55 bits per heavy atom. The van der Waals surface area contributed by atoms with Gasteiger partial charge >= 0.3 is 0 Å². The molecular weight excluding hydrogens is 152 g/mol. The van der Waals surface area contributed by atoms with Crippen LogP contribution in [0.1, 0.15) is 16.7 Å². The van der Waals surface area contributed by atoms with Crippen molar-refractivity contribution in [1.29, 1.82) is 0 Å². The Balaban J connectivity index is 3.25. The monoisotopic (exact) mass is 164 g/mol. The molecule has 0 spiro atoms. The highest BCUT2D eigenvalue weighted by molar-refractivity contribution is 6.47. The summed E-state index contributed by atoms with van der Waals surface area (Å²) >= 11 is 0. The number of aryl methyl sites for hydroxylation is 3. The fourth-order valence-electron chi connectivity index (χ4n) is 1.36. The molecule has 2 heteroatoms. The molecule has 1 aromatic rings. The summed E-state index contributed by atoms with van der Waals surface area (Å²) in [6, 6.07) is 4.21. The van der Waals surface area contributed by atoms with Crippen LogP contribution in [0.4, 0.5) is 0 Å². The first-order valence-electron chi connectivity index (χ1n) is 3.63. The molecule has 0 atom stereocenters. The van der Waals surface area contributed by atoms with Crippen LogP contribution < -0.4 is 5.19 Å². The summed E-state index contributed by atoms with van der Waals surface area (Å²) in [6.45, 7) is 6.15. The zero-order valence-corrected chi connectivity index (χ0v) is 8.10. The van der Waals surface area contributed by atoms with Crippen LogP contribution in [0, 0.1) is 20.8 Å². The second-order valence-electron chi connectivity index (χ2n) is 2.89. The molecule has 0 fully saturated rings. The predicted molar refractivity (Wildman–Crippen MR) is 48.3 cm³/mol. The van der Waals surface area contributed by atoms with E-state index in [-0.39, 0.29) is 9.76 Å². The van der Waals surface area contributed by atoms with Crippen molar-refractivity contribution < 1.29 is 4.80 Å². The van der Waals surface area contributed by atoms with Gasteiger partial charge in [0.05, 0.1) is 0 Å². The highest BCUT2D eigenvalue weighted by Gasteiger charge is 2.02. The van der Waals surface area contributed by atoms with Crippen molar-refractivity contribution in [3.05, 3.63) is 28.8 Å². The number of hydrogen-bond donors (Lipinski definition) is 1. The molecule has 11 heavy (non-hydrogen) atoms. The molecule has 1 rings (SSSR count). The second kappa shape index (κ2) is 3.20. The Morgan fingerprint density at radius 1 is 1.09 bits per heavy atom. The molecule has 0 heterocycles. The van der Waals surface area contributed by atoms with Crippen LogP contribution in [0.5, 0.6) is 0 Å². The van der Waals surface area contributed by atoms with Crippen molar-refractivity contribution >= 4 is 14.9 Å². The van der Waals surface area contributed by atoms with Crippen molar-refractivity contribution in [2.24, 2.45) is 0 Å².